The van der Waals surface area contributed by atoms with Gasteiger partial charge in [-0.25, -0.2) is 9.97 Å². The van der Waals surface area contributed by atoms with Crippen molar-refractivity contribution in [1.29, 1.82) is 0 Å². The zero-order chi connectivity index (χ0) is 64.0. The van der Waals surface area contributed by atoms with Crippen LogP contribution in [0.5, 0.6) is 0 Å². The molecule has 0 aliphatic carbocycles. The molecule has 10 rings (SSSR count). The van der Waals surface area contributed by atoms with Crippen molar-refractivity contribution in [3.8, 4) is 55.9 Å². The molecule has 2 aromatic heterocycles. The number of ketones is 1. The van der Waals surface area contributed by atoms with Crippen LogP contribution in [0.3, 0.4) is 0 Å². The van der Waals surface area contributed by atoms with E-state index in [9.17, 15) is 28.8 Å². The van der Waals surface area contributed by atoms with Gasteiger partial charge in [-0.2, -0.15) is 0 Å². The minimum atomic E-state index is -0.857. The SMILES string of the molecule is CN[C@@H](C)C(=O)N[C@H](C(=O)N1C[C@@H](CC(=O)c2ccc(-c3ccc(C(=O)N[C@H]4C[C@@H](c5nc(-c6cccc(-c7ccccc7)c6)cs5)N(C(=O)[C@@H](NC(=O)[C@H](C)NC)C(C)(C)C)C4)cc3)cc2)C[C@H]1c1nc(-c2cccc(-c3ccccc3)c2)cs1)C(C)(C)C. The molecule has 2 aliphatic heterocycles. The lowest BCUT2D eigenvalue weighted by atomic mass is 9.85. The predicted octanol–water partition coefficient (Wildman–Crippen LogP) is 12.4. The second kappa shape index (κ2) is 27.7. The molecular formula is C73H81N9O6S2. The lowest BCUT2D eigenvalue weighted by Crippen LogP contribution is -2.57. The van der Waals surface area contributed by atoms with E-state index in [1.807, 2.05) is 154 Å². The van der Waals surface area contributed by atoms with Crippen molar-refractivity contribution in [1.82, 2.24) is 46.4 Å². The van der Waals surface area contributed by atoms with E-state index < -0.39 is 53.1 Å². The Morgan fingerprint density at radius 2 is 0.900 bits per heavy atom. The Bertz CT molecular complexity index is 3610. The number of likely N-dealkylation sites (N-methyl/N-ethyl adjacent to an activating group) is 2. The van der Waals surface area contributed by atoms with E-state index in [2.05, 4.69) is 75.1 Å². The minimum absolute atomic E-state index is 0.0481. The van der Waals surface area contributed by atoms with Crippen molar-refractivity contribution >= 4 is 58.0 Å². The summed E-state index contributed by atoms with van der Waals surface area (Å²) in [6, 6.07) is 47.6. The molecule has 17 heteroatoms. The highest BCUT2D eigenvalue weighted by atomic mass is 32.1. The van der Waals surface area contributed by atoms with Gasteiger partial charge in [0.25, 0.3) is 5.91 Å². The highest BCUT2D eigenvalue weighted by molar-refractivity contribution is 7.10. The molecule has 0 radical (unpaired) electrons. The predicted molar refractivity (Wildman–Crippen MR) is 359 cm³/mol. The second-order valence-electron chi connectivity index (χ2n) is 26.0. The summed E-state index contributed by atoms with van der Waals surface area (Å²) in [6.07, 6.45) is 1.14. The Kier molecular flexibility index (Phi) is 19.9. The molecule has 5 amide bonds. The molecule has 8 atom stereocenters. The molecule has 0 saturated carbocycles. The summed E-state index contributed by atoms with van der Waals surface area (Å²) in [4.78, 5) is 98.8. The molecular weight excluding hydrogens is 1160 g/mol. The van der Waals surface area contributed by atoms with Crippen LogP contribution in [0, 0.1) is 16.7 Å². The average Bonchev–Trinajstić information content (AvgIpc) is 1.70. The molecule has 0 spiro atoms. The third kappa shape index (κ3) is 14.9. The maximum atomic E-state index is 14.9. The van der Waals surface area contributed by atoms with Crippen molar-refractivity contribution in [3.05, 3.63) is 190 Å². The summed E-state index contributed by atoms with van der Waals surface area (Å²) in [5.74, 6) is -1.54. The van der Waals surface area contributed by atoms with E-state index in [1.165, 1.54) is 22.7 Å². The van der Waals surface area contributed by atoms with Gasteiger partial charge in [0.2, 0.25) is 23.6 Å². The Labute approximate surface area is 536 Å². The Balaban J connectivity index is 0.828. The number of hydrogen-bond donors (Lipinski definition) is 5. The zero-order valence-corrected chi connectivity index (χ0v) is 54.5. The molecule has 15 nitrogen and oxygen atoms in total. The van der Waals surface area contributed by atoms with Crippen LogP contribution in [-0.4, -0.2) is 112 Å². The number of aromatic nitrogens is 2. The van der Waals surface area contributed by atoms with E-state index in [0.29, 0.717) is 30.5 Å². The molecule has 2 aliphatic rings. The van der Waals surface area contributed by atoms with E-state index >= 15 is 0 Å². The summed E-state index contributed by atoms with van der Waals surface area (Å²) in [6.45, 7) is 15.7. The van der Waals surface area contributed by atoms with Gasteiger partial charge in [0.15, 0.2) is 5.78 Å². The molecule has 0 bridgehead atoms. The number of hydrogen-bond acceptors (Lipinski definition) is 12. The number of rotatable bonds is 20. The Hall–Kier alpha value is -8.48. The topological polar surface area (TPSA) is 195 Å². The Morgan fingerprint density at radius 1 is 0.500 bits per heavy atom. The first-order valence-electron chi connectivity index (χ1n) is 30.9. The number of benzene rings is 6. The van der Waals surface area contributed by atoms with Gasteiger partial charge in [0.1, 0.15) is 22.1 Å². The van der Waals surface area contributed by atoms with Gasteiger partial charge in [0.05, 0.1) is 35.6 Å². The number of nitrogens with one attached hydrogen (secondary N) is 5. The average molecular weight is 1240 g/mol. The molecule has 2 fully saturated rings. The minimum Gasteiger partial charge on any atom is -0.347 e. The summed E-state index contributed by atoms with van der Waals surface area (Å²) in [5, 5.41) is 20.8. The summed E-state index contributed by atoms with van der Waals surface area (Å²) in [5.41, 5.74) is 9.27. The van der Waals surface area contributed by atoms with Gasteiger partial charge in [0, 0.05) is 58.6 Å². The molecule has 90 heavy (non-hydrogen) atoms. The molecule has 2 saturated heterocycles. The molecule has 0 unspecified atom stereocenters. The van der Waals surface area contributed by atoms with Crippen molar-refractivity contribution in [2.45, 2.75) is 117 Å². The number of likely N-dealkylation sites (tertiary alicyclic amines) is 2. The van der Waals surface area contributed by atoms with Gasteiger partial charge >= 0.3 is 0 Å². The monoisotopic (exact) mass is 1240 g/mol. The van der Waals surface area contributed by atoms with Crippen LogP contribution < -0.4 is 26.6 Å². The lowest BCUT2D eigenvalue weighted by Gasteiger charge is -2.36. The quantitative estimate of drug-likeness (QED) is 0.0458. The van der Waals surface area contributed by atoms with Crippen LogP contribution in [-0.2, 0) is 19.2 Å². The van der Waals surface area contributed by atoms with Gasteiger partial charge in [-0.1, -0.05) is 175 Å². The number of carbonyl (C=O) groups excluding carboxylic acids is 6. The van der Waals surface area contributed by atoms with Crippen molar-refractivity contribution in [3.63, 3.8) is 0 Å². The van der Waals surface area contributed by atoms with Gasteiger partial charge < -0.3 is 36.4 Å². The van der Waals surface area contributed by atoms with Crippen LogP contribution in [0.25, 0.3) is 55.9 Å². The van der Waals surface area contributed by atoms with Gasteiger partial charge in [-0.05, 0) is 115 Å². The van der Waals surface area contributed by atoms with Crippen molar-refractivity contribution in [2.75, 3.05) is 27.2 Å². The second-order valence-corrected chi connectivity index (χ2v) is 27.8. The van der Waals surface area contributed by atoms with Gasteiger partial charge in [-0.3, -0.25) is 28.8 Å². The largest absolute Gasteiger partial charge is 0.347 e. The van der Waals surface area contributed by atoms with E-state index in [1.54, 1.807) is 45.0 Å². The van der Waals surface area contributed by atoms with Crippen LogP contribution in [0.15, 0.2) is 168 Å². The first-order chi connectivity index (χ1) is 43.1. The zero-order valence-electron chi connectivity index (χ0n) is 52.9. The molecule has 8 aromatic rings. The van der Waals surface area contributed by atoms with Crippen molar-refractivity contribution in [2.24, 2.45) is 16.7 Å². The molecule has 466 valence electrons. The van der Waals surface area contributed by atoms with Gasteiger partial charge in [-0.15, -0.1) is 22.7 Å². The maximum Gasteiger partial charge on any atom is 0.251 e. The lowest BCUT2D eigenvalue weighted by molar-refractivity contribution is -0.141. The number of Topliss-reactive ketones (excluding diaryl/α,β-unsaturated/α-hetero) is 1. The fourth-order valence-electron chi connectivity index (χ4n) is 11.8. The summed E-state index contributed by atoms with van der Waals surface area (Å²) >= 11 is 2.97. The Morgan fingerprint density at radius 3 is 1.34 bits per heavy atom. The highest BCUT2D eigenvalue weighted by Gasteiger charge is 2.46. The summed E-state index contributed by atoms with van der Waals surface area (Å²) < 4.78 is 0. The third-order valence-corrected chi connectivity index (χ3v) is 19.2. The number of thiazole rings is 2. The highest BCUT2D eigenvalue weighted by Crippen LogP contribution is 2.43. The first kappa shape index (κ1) is 64.5. The van der Waals surface area contributed by atoms with E-state index in [-0.39, 0.29) is 54.2 Å². The van der Waals surface area contributed by atoms with Crippen LogP contribution in [0.4, 0.5) is 0 Å². The molecule has 5 N–H and O–H groups in total. The first-order valence-corrected chi connectivity index (χ1v) is 32.7. The fraction of sp³-hybridized carbons (Fsp3) is 0.342. The molecule has 6 aromatic carbocycles. The van der Waals surface area contributed by atoms with Crippen LogP contribution in [0.2, 0.25) is 0 Å². The van der Waals surface area contributed by atoms with E-state index in [4.69, 9.17) is 9.97 Å². The van der Waals surface area contributed by atoms with Crippen LogP contribution >= 0.6 is 22.7 Å². The smallest absolute Gasteiger partial charge is 0.251 e. The maximum absolute atomic E-state index is 14.9. The fourth-order valence-corrected chi connectivity index (χ4v) is 13.7. The standard InChI is InChI=1S/C73H81N9O6S2/c1-44(74-9)65(84)79-63(72(3,4)5)70(87)81-40-46(35-60(81)68-77-58(42-89-68)55-25-17-23-53(37-55)47-19-13-11-14-20-47)36-62(83)51-31-27-49(28-32-51)50-29-33-52(34-30-50)67(86)76-57-39-61(82(41-57)71(88)64(73(6,7)8)80-66(85)45(2)75-10)69-78-59(43-90-69)56-26-18-24-54(38-56)48-21-15-12-16-22-48/h11-34,37-38,42-46,57,60-61,63-64,74-75H,35-36,39-41H2,1-10H3,(H,76,86)(H,79,84)(H,80,85)/t44-,45-,46+,57-,60-,61-,63+,64+/m0/s1. The van der Waals surface area contributed by atoms with E-state index in [0.717, 1.165) is 65.9 Å². The number of amides is 5. The number of carbonyl (C=O) groups is 6. The van der Waals surface area contributed by atoms with Crippen molar-refractivity contribution < 1.29 is 28.8 Å². The van der Waals surface area contributed by atoms with Crippen LogP contribution in [0.1, 0.15) is 117 Å². The normalized spacial score (nSPS) is 18.1. The summed E-state index contributed by atoms with van der Waals surface area (Å²) in [7, 11) is 3.41. The number of nitrogens with zero attached hydrogens (tertiary/aromatic N) is 4. The molecule has 4 heterocycles. The third-order valence-electron chi connectivity index (χ3n) is 17.3.